The van der Waals surface area contributed by atoms with Crippen molar-refractivity contribution in [3.63, 3.8) is 0 Å². The van der Waals surface area contributed by atoms with Crippen LogP contribution in [-0.4, -0.2) is 4.57 Å². The van der Waals surface area contributed by atoms with Crippen molar-refractivity contribution in [1.29, 1.82) is 5.26 Å². The Labute approximate surface area is 216 Å². The third-order valence-electron chi connectivity index (χ3n) is 7.36. The number of aromatic nitrogens is 2. The van der Waals surface area contributed by atoms with Crippen molar-refractivity contribution in [3.05, 3.63) is 108 Å². The van der Waals surface area contributed by atoms with Crippen LogP contribution < -0.4 is 4.57 Å². The summed E-state index contributed by atoms with van der Waals surface area (Å²) in [5.41, 5.74) is 5.87. The Balaban J connectivity index is 1.69. The molecule has 38 heavy (non-hydrogen) atoms. The molecule has 3 aromatic heterocycles. The number of halogens is 2. The lowest BCUT2D eigenvalue weighted by atomic mass is 10.00. The highest BCUT2D eigenvalue weighted by Crippen LogP contribution is 2.43. The molecule has 6 heteroatoms. The minimum atomic E-state index is -0.527. The Hall–Kier alpha value is -5.02. The fourth-order valence-electron chi connectivity index (χ4n) is 5.67. The zero-order valence-corrected chi connectivity index (χ0v) is 20.6. The van der Waals surface area contributed by atoms with Gasteiger partial charge in [-0.25, -0.2) is 13.3 Å². The highest BCUT2D eigenvalue weighted by atomic mass is 19.1. The molecule has 0 fully saturated rings. The second-order valence-electron chi connectivity index (χ2n) is 9.49. The number of hydrogen-bond donors (Lipinski definition) is 0. The van der Waals surface area contributed by atoms with E-state index in [1.165, 1.54) is 12.1 Å². The van der Waals surface area contributed by atoms with E-state index < -0.39 is 11.6 Å². The number of hydrogen-bond acceptors (Lipinski definition) is 2. The molecule has 7 aromatic rings. The highest BCUT2D eigenvalue weighted by molar-refractivity contribution is 6.15. The van der Waals surface area contributed by atoms with Gasteiger partial charge in [0.2, 0.25) is 5.69 Å². The van der Waals surface area contributed by atoms with Gasteiger partial charge in [-0.1, -0.05) is 24.3 Å². The van der Waals surface area contributed by atoms with Crippen LogP contribution in [-0.2, 0) is 7.05 Å². The van der Waals surface area contributed by atoms with Crippen molar-refractivity contribution in [1.82, 2.24) is 4.57 Å². The van der Waals surface area contributed by atoms with Crippen LogP contribution in [0.25, 0.3) is 60.7 Å². The Morgan fingerprint density at radius 1 is 0.789 bits per heavy atom. The summed E-state index contributed by atoms with van der Waals surface area (Å²) in [6.07, 6.45) is 1.98. The molecule has 0 aliphatic rings. The number of fused-ring (bicyclic) bond motifs is 6. The first-order valence-electron chi connectivity index (χ1n) is 12.2. The van der Waals surface area contributed by atoms with Crippen molar-refractivity contribution in [2.75, 3.05) is 0 Å². The number of nitriles is 1. The highest BCUT2D eigenvalue weighted by Gasteiger charge is 2.26. The third-order valence-corrected chi connectivity index (χ3v) is 7.36. The molecule has 0 unspecified atom stereocenters. The molecule has 0 N–H and O–H groups in total. The van der Waals surface area contributed by atoms with Crippen LogP contribution in [0.4, 0.5) is 8.78 Å². The lowest BCUT2D eigenvalue weighted by Gasteiger charge is -2.10. The zero-order chi connectivity index (χ0) is 26.1. The number of rotatable bonds is 2. The Kier molecular flexibility index (Phi) is 4.67. The van der Waals surface area contributed by atoms with E-state index in [1.54, 1.807) is 34.9 Å². The van der Waals surface area contributed by atoms with Crippen molar-refractivity contribution < 1.29 is 17.8 Å². The first kappa shape index (κ1) is 22.2. The van der Waals surface area contributed by atoms with Crippen LogP contribution in [0.15, 0.2) is 89.5 Å². The molecular formula is C32H20F2N3O+. The molecule has 0 bridgehead atoms. The topological polar surface area (TPSA) is 45.7 Å². The second kappa shape index (κ2) is 7.99. The lowest BCUT2D eigenvalue weighted by molar-refractivity contribution is -0.660. The van der Waals surface area contributed by atoms with Crippen LogP contribution in [0.2, 0.25) is 0 Å². The van der Waals surface area contributed by atoms with E-state index >= 15 is 8.78 Å². The van der Waals surface area contributed by atoms with E-state index in [2.05, 4.69) is 12.1 Å². The molecule has 4 aromatic carbocycles. The number of nitrogens with zero attached hydrogens (tertiary/aromatic N) is 3. The first-order valence-corrected chi connectivity index (χ1v) is 12.2. The summed E-state index contributed by atoms with van der Waals surface area (Å²) >= 11 is 0. The monoisotopic (exact) mass is 500 g/mol. The fourth-order valence-corrected chi connectivity index (χ4v) is 5.67. The summed E-state index contributed by atoms with van der Waals surface area (Å²) in [6.45, 7) is 2.04. The molecule has 182 valence electrons. The first-order chi connectivity index (χ1) is 18.5. The van der Waals surface area contributed by atoms with Gasteiger partial charge in [0.25, 0.3) is 0 Å². The van der Waals surface area contributed by atoms with Gasteiger partial charge in [-0.05, 0) is 55.0 Å². The van der Waals surface area contributed by atoms with E-state index in [-0.39, 0.29) is 10.8 Å². The molecule has 0 aliphatic heterocycles. The smallest absolute Gasteiger partial charge is 0.216 e. The Morgan fingerprint density at radius 3 is 2.11 bits per heavy atom. The average molecular weight is 501 g/mol. The Morgan fingerprint density at radius 2 is 1.45 bits per heavy atom. The summed E-state index contributed by atoms with van der Waals surface area (Å²) in [7, 11) is 1.98. The number of pyridine rings is 1. The van der Waals surface area contributed by atoms with Crippen LogP contribution in [0.3, 0.4) is 0 Å². The van der Waals surface area contributed by atoms with Crippen molar-refractivity contribution in [3.8, 4) is 23.0 Å². The Bertz CT molecular complexity index is 2090. The number of aryl methyl sites for hydroxylation is 2. The van der Waals surface area contributed by atoms with Crippen LogP contribution in [0, 0.1) is 29.9 Å². The fraction of sp³-hybridized carbons (Fsp3) is 0.0625. The SMILES string of the molecule is Cc1ccc2c(oc3c(-n4c5cccc(F)c5c5c(F)cccc54)c(C#N)ccc32)c1-c1cccc[n+]1C. The van der Waals surface area contributed by atoms with E-state index in [0.29, 0.717) is 33.5 Å². The van der Waals surface area contributed by atoms with Crippen molar-refractivity contribution >= 4 is 43.7 Å². The quantitative estimate of drug-likeness (QED) is 0.229. The van der Waals surface area contributed by atoms with Gasteiger partial charge in [0.05, 0.1) is 22.2 Å². The molecule has 7 rings (SSSR count). The van der Waals surface area contributed by atoms with Gasteiger partial charge in [0.15, 0.2) is 11.8 Å². The predicted molar refractivity (Wildman–Crippen MR) is 144 cm³/mol. The summed E-state index contributed by atoms with van der Waals surface area (Å²) in [5, 5.41) is 12.2. The molecule has 3 heterocycles. The summed E-state index contributed by atoms with van der Waals surface area (Å²) < 4.78 is 40.7. The van der Waals surface area contributed by atoms with Gasteiger partial charge in [-0.3, -0.25) is 0 Å². The molecule has 4 nitrogen and oxygen atoms in total. The lowest BCUT2D eigenvalue weighted by Crippen LogP contribution is -2.30. The molecule has 0 aliphatic carbocycles. The van der Waals surface area contributed by atoms with Gasteiger partial charge in [0, 0.05) is 33.7 Å². The van der Waals surface area contributed by atoms with E-state index in [1.807, 2.05) is 55.1 Å². The van der Waals surface area contributed by atoms with E-state index in [4.69, 9.17) is 4.42 Å². The molecule has 0 saturated heterocycles. The minimum absolute atomic E-state index is 0.172. The molecular weight excluding hydrogens is 480 g/mol. The van der Waals surface area contributed by atoms with Gasteiger partial charge in [-0.2, -0.15) is 5.26 Å². The van der Waals surface area contributed by atoms with Gasteiger partial charge < -0.3 is 8.98 Å². The molecule has 0 atom stereocenters. The number of furan rings is 1. The second-order valence-corrected chi connectivity index (χ2v) is 9.49. The summed E-state index contributed by atoms with van der Waals surface area (Å²) in [4.78, 5) is 0. The average Bonchev–Trinajstić information content (AvgIpc) is 3.46. The van der Waals surface area contributed by atoms with Crippen LogP contribution in [0.5, 0.6) is 0 Å². The predicted octanol–water partition coefficient (Wildman–Crippen LogP) is 7.63. The summed E-state index contributed by atoms with van der Waals surface area (Å²) in [6, 6.07) is 25.2. The van der Waals surface area contributed by atoms with Crippen LogP contribution >= 0.6 is 0 Å². The largest absolute Gasteiger partial charge is 0.453 e. The molecule has 0 amide bonds. The van der Waals surface area contributed by atoms with E-state index in [9.17, 15) is 5.26 Å². The van der Waals surface area contributed by atoms with E-state index in [0.717, 1.165) is 27.6 Å². The maximum Gasteiger partial charge on any atom is 0.216 e. The van der Waals surface area contributed by atoms with Gasteiger partial charge in [-0.15, -0.1) is 0 Å². The molecule has 0 saturated carbocycles. The van der Waals surface area contributed by atoms with Gasteiger partial charge >= 0.3 is 0 Å². The number of benzene rings is 4. The van der Waals surface area contributed by atoms with Crippen molar-refractivity contribution in [2.45, 2.75) is 6.92 Å². The zero-order valence-electron chi connectivity index (χ0n) is 20.6. The van der Waals surface area contributed by atoms with Crippen molar-refractivity contribution in [2.24, 2.45) is 7.05 Å². The third kappa shape index (κ3) is 2.90. The van der Waals surface area contributed by atoms with Gasteiger partial charge in [0.1, 0.15) is 36.0 Å². The molecule has 0 spiro atoms. The maximum absolute atomic E-state index is 15.1. The normalized spacial score (nSPS) is 11.7. The van der Waals surface area contributed by atoms with Crippen LogP contribution in [0.1, 0.15) is 11.1 Å². The standard InChI is InChI=1S/C32H20F2N3O/c1-18-12-14-20-21-15-13-19(17-35)30(32(21)38-31(20)27(18)24-9-3-4-16-36(24)2)37-25-10-5-7-22(33)28(25)29-23(34)8-6-11-26(29)37/h3-16H,1-2H3/q+1. The molecule has 0 radical (unpaired) electrons. The summed E-state index contributed by atoms with van der Waals surface area (Å²) in [5.74, 6) is -1.05. The minimum Gasteiger partial charge on any atom is -0.453 e. The maximum atomic E-state index is 15.1.